The summed E-state index contributed by atoms with van der Waals surface area (Å²) in [6.07, 6.45) is -3.73. The molecule has 0 saturated heterocycles. The minimum atomic E-state index is -4.65. The molecule has 2 aromatic carbocycles. The van der Waals surface area contributed by atoms with Crippen LogP contribution in [0.15, 0.2) is 54.6 Å². The molecule has 0 heterocycles. The molecule has 5 nitrogen and oxygen atoms in total. The normalized spacial score (nSPS) is 13.1. The number of nitrogens with one attached hydrogen (secondary N) is 1. The molecule has 1 atom stereocenters. The molecule has 0 saturated carbocycles. The molecule has 26 heavy (non-hydrogen) atoms. The van der Waals surface area contributed by atoms with Gasteiger partial charge in [-0.05, 0) is 31.2 Å². The largest absolute Gasteiger partial charge is 0.418 e. The molecule has 0 aliphatic carbocycles. The highest BCUT2D eigenvalue weighted by Crippen LogP contribution is 2.34. The van der Waals surface area contributed by atoms with Gasteiger partial charge >= 0.3 is 6.18 Å². The average molecular weight is 386 g/mol. The van der Waals surface area contributed by atoms with E-state index in [9.17, 15) is 26.4 Å². The summed E-state index contributed by atoms with van der Waals surface area (Å²) in [5.41, 5.74) is -1.20. The lowest BCUT2D eigenvalue weighted by Crippen LogP contribution is -2.45. The Morgan fingerprint density at radius 1 is 1.04 bits per heavy atom. The van der Waals surface area contributed by atoms with Crippen molar-refractivity contribution in [1.29, 1.82) is 0 Å². The molecule has 1 N–H and O–H groups in total. The summed E-state index contributed by atoms with van der Waals surface area (Å²) in [4.78, 5) is 12.5. The zero-order valence-electron chi connectivity index (χ0n) is 14.0. The highest BCUT2D eigenvalue weighted by molar-refractivity contribution is 7.92. The predicted octanol–water partition coefficient (Wildman–Crippen LogP) is 3.50. The second-order valence-corrected chi connectivity index (χ2v) is 7.46. The van der Waals surface area contributed by atoms with Gasteiger partial charge in [-0.2, -0.15) is 13.2 Å². The number of halogens is 3. The molecule has 0 radical (unpaired) electrons. The molecule has 0 aliphatic heterocycles. The zero-order valence-corrected chi connectivity index (χ0v) is 14.8. The van der Waals surface area contributed by atoms with Gasteiger partial charge in [0.15, 0.2) is 0 Å². The van der Waals surface area contributed by atoms with E-state index in [1.807, 2.05) is 0 Å². The van der Waals surface area contributed by atoms with Gasteiger partial charge in [0.2, 0.25) is 15.9 Å². The van der Waals surface area contributed by atoms with Crippen molar-refractivity contribution in [3.8, 4) is 0 Å². The highest BCUT2D eigenvalue weighted by Gasteiger charge is 2.35. The summed E-state index contributed by atoms with van der Waals surface area (Å²) in [6.45, 7) is 1.31. The molecule has 2 rings (SSSR count). The molecule has 0 fully saturated rings. The standard InChI is InChI=1S/C17H17F3N2O3S/c1-12(22(26(2,24)25)13-8-4-3-5-9-13)16(23)21-15-11-7-6-10-14(15)17(18,19)20/h3-12H,1-2H3,(H,21,23)/t12-/m0/s1. The monoisotopic (exact) mass is 386 g/mol. The van der Waals surface area contributed by atoms with Gasteiger partial charge in [-0.1, -0.05) is 30.3 Å². The number of rotatable bonds is 5. The number of nitrogens with zero attached hydrogens (tertiary/aromatic N) is 1. The van der Waals surface area contributed by atoms with Crippen LogP contribution in [-0.4, -0.2) is 26.6 Å². The molecule has 0 aromatic heterocycles. The maximum Gasteiger partial charge on any atom is 0.418 e. The van der Waals surface area contributed by atoms with Crippen LogP contribution in [0.5, 0.6) is 0 Å². The number of hydrogen-bond donors (Lipinski definition) is 1. The fourth-order valence-corrected chi connectivity index (χ4v) is 3.64. The summed E-state index contributed by atoms with van der Waals surface area (Å²) < 4.78 is 64.3. The van der Waals surface area contributed by atoms with Gasteiger partial charge in [-0.3, -0.25) is 9.10 Å². The Morgan fingerprint density at radius 3 is 2.12 bits per heavy atom. The Balaban J connectivity index is 2.34. The third-order valence-corrected chi connectivity index (χ3v) is 4.83. The molecule has 0 aliphatic rings. The molecule has 0 bridgehead atoms. The van der Waals surface area contributed by atoms with Crippen molar-refractivity contribution in [1.82, 2.24) is 0 Å². The van der Waals surface area contributed by atoms with Crippen LogP contribution < -0.4 is 9.62 Å². The zero-order chi connectivity index (χ0) is 19.5. The number of para-hydroxylation sites is 2. The van der Waals surface area contributed by atoms with Gasteiger partial charge in [0.1, 0.15) is 6.04 Å². The molecule has 140 valence electrons. The van der Waals surface area contributed by atoms with Gasteiger partial charge in [-0.25, -0.2) is 8.42 Å². The van der Waals surface area contributed by atoms with E-state index in [1.165, 1.54) is 31.2 Å². The lowest BCUT2D eigenvalue weighted by atomic mass is 10.1. The number of carbonyl (C=O) groups is 1. The second kappa shape index (κ2) is 7.36. The average Bonchev–Trinajstić information content (AvgIpc) is 2.54. The first-order valence-electron chi connectivity index (χ1n) is 7.53. The van der Waals surface area contributed by atoms with Crippen LogP contribution in [0.2, 0.25) is 0 Å². The fraction of sp³-hybridized carbons (Fsp3) is 0.235. The second-order valence-electron chi connectivity index (χ2n) is 5.60. The van der Waals surface area contributed by atoms with E-state index in [-0.39, 0.29) is 5.69 Å². The van der Waals surface area contributed by atoms with Gasteiger partial charge in [-0.15, -0.1) is 0 Å². The van der Waals surface area contributed by atoms with E-state index in [0.29, 0.717) is 0 Å². The summed E-state index contributed by atoms with van der Waals surface area (Å²) in [5.74, 6) is -0.879. The third kappa shape index (κ3) is 4.54. The van der Waals surface area contributed by atoms with Gasteiger partial charge < -0.3 is 5.32 Å². The van der Waals surface area contributed by atoms with E-state index in [0.717, 1.165) is 22.7 Å². The first kappa shape index (κ1) is 19.8. The minimum absolute atomic E-state index is 0.238. The van der Waals surface area contributed by atoms with Crippen molar-refractivity contribution in [3.05, 3.63) is 60.2 Å². The SMILES string of the molecule is C[C@@H](C(=O)Nc1ccccc1C(F)(F)F)N(c1ccccc1)S(C)(=O)=O. The first-order chi connectivity index (χ1) is 12.0. The molecule has 2 aromatic rings. The van der Waals surface area contributed by atoms with Crippen molar-refractivity contribution in [2.45, 2.75) is 19.1 Å². The summed E-state index contributed by atoms with van der Waals surface area (Å²) in [5, 5.41) is 2.17. The van der Waals surface area contributed by atoms with Gasteiger partial charge in [0.05, 0.1) is 23.2 Å². The van der Waals surface area contributed by atoms with Crippen LogP contribution in [0.1, 0.15) is 12.5 Å². The summed E-state index contributed by atoms with van der Waals surface area (Å²) >= 11 is 0. The van der Waals surface area contributed by atoms with Crippen molar-refractivity contribution in [2.24, 2.45) is 0 Å². The first-order valence-corrected chi connectivity index (χ1v) is 9.38. The van der Waals surface area contributed by atoms with Crippen LogP contribution in [-0.2, 0) is 21.0 Å². The van der Waals surface area contributed by atoms with E-state index in [2.05, 4.69) is 5.32 Å². The van der Waals surface area contributed by atoms with Crippen molar-refractivity contribution < 1.29 is 26.4 Å². The Labute approximate surface area is 149 Å². The molecular weight excluding hydrogens is 369 g/mol. The molecule has 9 heteroatoms. The predicted molar refractivity (Wildman–Crippen MR) is 93.3 cm³/mol. The molecule has 1 amide bonds. The van der Waals surface area contributed by atoms with E-state index in [4.69, 9.17) is 0 Å². The number of alkyl halides is 3. The topological polar surface area (TPSA) is 66.5 Å². The summed E-state index contributed by atoms with van der Waals surface area (Å²) in [7, 11) is -3.84. The number of hydrogen-bond acceptors (Lipinski definition) is 3. The van der Waals surface area contributed by atoms with Crippen LogP contribution in [0, 0.1) is 0 Å². The number of sulfonamides is 1. The maximum absolute atomic E-state index is 13.1. The Bertz CT molecular complexity index is 884. The highest BCUT2D eigenvalue weighted by atomic mass is 32.2. The van der Waals surface area contributed by atoms with E-state index < -0.39 is 39.4 Å². The van der Waals surface area contributed by atoms with Crippen molar-refractivity contribution in [2.75, 3.05) is 15.9 Å². The lowest BCUT2D eigenvalue weighted by molar-refractivity contribution is -0.137. The fourth-order valence-electron chi connectivity index (χ4n) is 2.46. The van der Waals surface area contributed by atoms with Crippen LogP contribution in [0.4, 0.5) is 24.5 Å². The number of carbonyl (C=O) groups excluding carboxylic acids is 1. The smallest absolute Gasteiger partial charge is 0.324 e. The third-order valence-electron chi connectivity index (χ3n) is 3.59. The number of benzene rings is 2. The van der Waals surface area contributed by atoms with Crippen molar-refractivity contribution in [3.63, 3.8) is 0 Å². The molecular formula is C17H17F3N2O3S. The van der Waals surface area contributed by atoms with Gasteiger partial charge in [0.25, 0.3) is 0 Å². The quantitative estimate of drug-likeness (QED) is 0.855. The summed E-state index contributed by atoms with van der Waals surface area (Å²) in [6, 6.07) is 11.1. The number of anilines is 2. The molecule has 0 unspecified atom stereocenters. The van der Waals surface area contributed by atoms with Gasteiger partial charge in [0, 0.05) is 0 Å². The van der Waals surface area contributed by atoms with Crippen molar-refractivity contribution >= 4 is 27.3 Å². The Hall–Kier alpha value is -2.55. The van der Waals surface area contributed by atoms with Crippen LogP contribution in [0.3, 0.4) is 0 Å². The lowest BCUT2D eigenvalue weighted by Gasteiger charge is -2.28. The Kier molecular flexibility index (Phi) is 5.60. The van der Waals surface area contributed by atoms with E-state index >= 15 is 0 Å². The minimum Gasteiger partial charge on any atom is -0.324 e. The molecule has 0 spiro atoms. The van der Waals surface area contributed by atoms with Crippen LogP contribution in [0.25, 0.3) is 0 Å². The number of amides is 1. The maximum atomic E-state index is 13.1. The van der Waals surface area contributed by atoms with E-state index in [1.54, 1.807) is 18.2 Å². The van der Waals surface area contributed by atoms with Crippen LogP contribution >= 0.6 is 0 Å². The Morgan fingerprint density at radius 2 is 1.58 bits per heavy atom.